The predicted octanol–water partition coefficient (Wildman–Crippen LogP) is 3.91. The Labute approximate surface area is 289 Å². The number of nitrogens with one attached hydrogen (secondary N) is 1. The van der Waals surface area contributed by atoms with E-state index in [0.717, 1.165) is 0 Å². The molecular formula is C36H35N5O8S. The Kier molecular flexibility index (Phi) is 9.13. The fraction of sp³-hybridized carbons (Fsp3) is 0.278. The van der Waals surface area contributed by atoms with Crippen LogP contribution in [-0.2, 0) is 14.8 Å². The number of para-hydroxylation sites is 2. The molecule has 0 aliphatic carbocycles. The van der Waals surface area contributed by atoms with E-state index in [1.165, 1.54) is 32.4 Å². The van der Waals surface area contributed by atoms with Crippen LogP contribution in [0.1, 0.15) is 35.7 Å². The van der Waals surface area contributed by atoms with Gasteiger partial charge in [-0.25, -0.2) is 4.98 Å². The van der Waals surface area contributed by atoms with E-state index < -0.39 is 61.4 Å². The number of carbonyl (C=O) groups excluding carboxylic acids is 2. The predicted molar refractivity (Wildman–Crippen MR) is 180 cm³/mol. The monoisotopic (exact) mass is 697 g/mol. The van der Waals surface area contributed by atoms with Gasteiger partial charge in [-0.2, -0.15) is 17.6 Å². The molecule has 5 atom stereocenters. The molecule has 1 saturated heterocycles. The second-order valence-electron chi connectivity index (χ2n) is 11.9. The average Bonchev–Trinajstić information content (AvgIpc) is 3.45. The van der Waals surface area contributed by atoms with E-state index in [1.807, 2.05) is 0 Å². The summed E-state index contributed by atoms with van der Waals surface area (Å²) in [7, 11) is -2.51. The Morgan fingerprint density at radius 2 is 1.74 bits per heavy atom. The van der Waals surface area contributed by atoms with E-state index in [4.69, 9.17) is 19.2 Å². The van der Waals surface area contributed by atoms with Gasteiger partial charge in [0.05, 0.1) is 26.9 Å². The highest BCUT2D eigenvalue weighted by Crippen LogP contribution is 2.53. The molecule has 0 bridgehead atoms. The Morgan fingerprint density at radius 1 is 1.02 bits per heavy atom. The molecule has 3 aromatic carbocycles. The second kappa shape index (κ2) is 13.3. The third-order valence-corrected chi connectivity index (χ3v) is 11.6. The lowest BCUT2D eigenvalue weighted by molar-refractivity contribution is -0.793. The number of ether oxygens (including phenoxy) is 3. The lowest BCUT2D eigenvalue weighted by Crippen LogP contribution is -2.77. The summed E-state index contributed by atoms with van der Waals surface area (Å²) in [6.45, 7) is 2.91. The molecule has 2 amide bonds. The van der Waals surface area contributed by atoms with Crippen molar-refractivity contribution >= 4 is 33.5 Å². The van der Waals surface area contributed by atoms with Gasteiger partial charge in [-0.05, 0) is 55.8 Å². The maximum atomic E-state index is 15.4. The number of quaternary nitrogens is 1. The molecular weight excluding hydrogens is 662 g/mol. The number of nitriles is 1. The van der Waals surface area contributed by atoms with Gasteiger partial charge in [0.15, 0.2) is 17.0 Å². The van der Waals surface area contributed by atoms with Gasteiger partial charge in [0.1, 0.15) is 41.6 Å². The first-order valence-corrected chi connectivity index (χ1v) is 17.3. The molecule has 0 radical (unpaired) electrons. The number of anilines is 2. The summed E-state index contributed by atoms with van der Waals surface area (Å²) < 4.78 is 45.7. The first-order chi connectivity index (χ1) is 24.0. The minimum Gasteiger partial charge on any atom is -0.497 e. The van der Waals surface area contributed by atoms with Crippen molar-refractivity contribution < 1.29 is 41.2 Å². The van der Waals surface area contributed by atoms with E-state index in [2.05, 4.69) is 11.4 Å². The van der Waals surface area contributed by atoms with Gasteiger partial charge in [-0.1, -0.05) is 42.5 Å². The standard InChI is InChI=1S/C36H35N5O8S/c1-5-49-28-15-9-7-13-26(28)33-34(32-25-12-6-8-14-27(25)39-35(32)42)41(36(43)44,21-23(20-37)40(33)31-16-10-11-22(2)38-31)50(45,46)30-18-17-24(47-3)19-29(30)48-4/h6-19,23,32-34H,5,21H2,1-4H3,(H-,39,42,43,44). The van der Waals surface area contributed by atoms with Crippen molar-refractivity contribution in [2.75, 3.05) is 37.6 Å². The summed E-state index contributed by atoms with van der Waals surface area (Å²) in [5, 5.41) is 27.7. The average molecular weight is 698 g/mol. The molecule has 2 aliphatic rings. The number of hydrogen-bond acceptors (Lipinski definition) is 11. The number of carboxylic acid groups (broad SMARTS) is 1. The zero-order valence-corrected chi connectivity index (χ0v) is 28.6. The van der Waals surface area contributed by atoms with Crippen molar-refractivity contribution in [1.29, 1.82) is 5.26 Å². The van der Waals surface area contributed by atoms with Gasteiger partial charge < -0.3 is 34.3 Å². The number of hydrogen-bond donors (Lipinski definition) is 1. The van der Waals surface area contributed by atoms with Crippen molar-refractivity contribution in [2.24, 2.45) is 0 Å². The Hall–Kier alpha value is -5.65. The topological polar surface area (TPSA) is 171 Å². The molecule has 1 N–H and O–H groups in total. The van der Waals surface area contributed by atoms with E-state index in [9.17, 15) is 20.0 Å². The van der Waals surface area contributed by atoms with E-state index in [1.54, 1.807) is 85.5 Å². The Morgan fingerprint density at radius 3 is 2.40 bits per heavy atom. The zero-order chi connectivity index (χ0) is 35.8. The molecule has 0 spiro atoms. The number of piperazine rings is 1. The summed E-state index contributed by atoms with van der Waals surface area (Å²) in [6, 6.07) is 20.2. The molecule has 13 nitrogen and oxygen atoms in total. The Balaban J connectivity index is 1.77. The minimum absolute atomic E-state index is 0.194. The fourth-order valence-electron chi connectivity index (χ4n) is 7.19. The molecule has 50 heavy (non-hydrogen) atoms. The highest BCUT2D eigenvalue weighted by molar-refractivity contribution is 7.86. The van der Waals surface area contributed by atoms with Crippen molar-refractivity contribution in [2.45, 2.75) is 42.8 Å². The highest BCUT2D eigenvalue weighted by atomic mass is 32.2. The van der Waals surface area contributed by atoms with Gasteiger partial charge in [0.2, 0.25) is 5.91 Å². The largest absolute Gasteiger partial charge is 0.497 e. The van der Waals surface area contributed by atoms with Gasteiger partial charge in [0.25, 0.3) is 6.09 Å². The van der Waals surface area contributed by atoms with Crippen LogP contribution in [0, 0.1) is 18.3 Å². The molecule has 2 aliphatic heterocycles. The smallest absolute Gasteiger partial charge is 0.337 e. The van der Waals surface area contributed by atoms with Crippen molar-refractivity contribution in [3.63, 3.8) is 0 Å². The van der Waals surface area contributed by atoms with Crippen LogP contribution in [0.3, 0.4) is 0 Å². The first kappa shape index (κ1) is 34.2. The number of rotatable bonds is 9. The van der Waals surface area contributed by atoms with Crippen molar-refractivity contribution in [3.05, 3.63) is 102 Å². The number of methoxy groups -OCH3 is 2. The SMILES string of the molecule is CCOc1ccccc1C1C(C2C(=O)Nc3ccccc32)[N+](C(=O)[O-])(S(=O)(=O)c2ccc(OC)cc2OC)CC(C#N)N1c1cccc(C)n1. The summed E-state index contributed by atoms with van der Waals surface area (Å²) in [5.41, 5.74) is 1.73. The number of sulfonamides is 1. The lowest BCUT2D eigenvalue weighted by atomic mass is 9.80. The molecule has 5 unspecified atom stereocenters. The van der Waals surface area contributed by atoms with Crippen LogP contribution in [-0.4, -0.2) is 68.7 Å². The third kappa shape index (κ3) is 5.35. The van der Waals surface area contributed by atoms with Crippen LogP contribution in [0.15, 0.2) is 89.8 Å². The van der Waals surface area contributed by atoms with Gasteiger partial charge in [0, 0.05) is 23.0 Å². The van der Waals surface area contributed by atoms with Crippen LogP contribution in [0.5, 0.6) is 17.2 Å². The molecule has 3 heterocycles. The number of amides is 2. The van der Waals surface area contributed by atoms with E-state index >= 15 is 8.42 Å². The molecule has 0 saturated carbocycles. The number of carbonyl (C=O) groups is 2. The maximum absolute atomic E-state index is 15.4. The molecule has 6 rings (SSSR count). The summed E-state index contributed by atoms with van der Waals surface area (Å²) in [4.78, 5) is 34.1. The number of benzene rings is 3. The van der Waals surface area contributed by atoms with Crippen molar-refractivity contribution in [1.82, 2.24) is 4.98 Å². The number of aryl methyl sites for hydroxylation is 1. The lowest BCUT2D eigenvalue weighted by Gasteiger charge is -2.55. The zero-order valence-electron chi connectivity index (χ0n) is 27.8. The van der Waals surface area contributed by atoms with E-state index in [-0.39, 0.29) is 23.9 Å². The number of aromatic nitrogens is 1. The molecule has 1 fully saturated rings. The van der Waals surface area contributed by atoms with Gasteiger partial charge in [-0.3, -0.25) is 4.79 Å². The van der Waals surface area contributed by atoms with Crippen LogP contribution in [0.4, 0.5) is 16.3 Å². The number of nitrogens with zero attached hydrogens (tertiary/aromatic N) is 4. The van der Waals surface area contributed by atoms with Crippen LogP contribution >= 0.6 is 0 Å². The van der Waals surface area contributed by atoms with Gasteiger partial charge in [-0.15, -0.1) is 0 Å². The molecule has 14 heteroatoms. The molecule has 1 aromatic heterocycles. The third-order valence-electron chi connectivity index (χ3n) is 9.27. The number of fused-ring (bicyclic) bond motifs is 1. The first-order valence-electron chi connectivity index (χ1n) is 15.8. The summed E-state index contributed by atoms with van der Waals surface area (Å²) in [6.07, 6.45) is -2.03. The molecule has 258 valence electrons. The summed E-state index contributed by atoms with van der Waals surface area (Å²) >= 11 is 0. The normalized spacial score (nSPS) is 22.9. The van der Waals surface area contributed by atoms with Crippen LogP contribution in [0.25, 0.3) is 0 Å². The highest BCUT2D eigenvalue weighted by Gasteiger charge is 2.67. The minimum atomic E-state index is -5.15. The van der Waals surface area contributed by atoms with Crippen LogP contribution in [0.2, 0.25) is 0 Å². The van der Waals surface area contributed by atoms with Crippen LogP contribution < -0.4 is 29.5 Å². The fourth-order valence-corrected chi connectivity index (χ4v) is 9.27. The maximum Gasteiger partial charge on any atom is 0.337 e. The molecule has 4 aromatic rings. The quantitative estimate of drug-likeness (QED) is 0.252. The second-order valence-corrected chi connectivity index (χ2v) is 13.9. The number of pyridine rings is 1. The van der Waals surface area contributed by atoms with E-state index in [0.29, 0.717) is 28.3 Å². The van der Waals surface area contributed by atoms with Crippen molar-refractivity contribution in [3.8, 4) is 23.3 Å². The summed E-state index contributed by atoms with van der Waals surface area (Å²) in [5.74, 6) is -1.35. The Bertz CT molecular complexity index is 2120. The van der Waals surface area contributed by atoms with Gasteiger partial charge >= 0.3 is 10.0 Å².